The van der Waals surface area contributed by atoms with E-state index in [1.807, 2.05) is 12.1 Å². The highest BCUT2D eigenvalue weighted by Gasteiger charge is 2.33. The summed E-state index contributed by atoms with van der Waals surface area (Å²) >= 11 is 0. The summed E-state index contributed by atoms with van der Waals surface area (Å²) in [5.74, 6) is 0.272. The second kappa shape index (κ2) is 7.54. The van der Waals surface area contributed by atoms with Crippen molar-refractivity contribution >= 4 is 16.2 Å². The molecule has 3 atom stereocenters. The van der Waals surface area contributed by atoms with E-state index in [0.29, 0.717) is 13.1 Å². The molecule has 0 radical (unpaired) electrons. The van der Waals surface area contributed by atoms with Crippen LogP contribution in [0.15, 0.2) is 24.3 Å². The molecule has 26 heavy (non-hydrogen) atoms. The molecule has 3 rings (SSSR count). The molecule has 1 heterocycles. The third-order valence-corrected chi connectivity index (χ3v) is 7.32. The molecule has 7 nitrogen and oxygen atoms in total. The first-order valence-corrected chi connectivity index (χ1v) is 10.5. The number of nitrogens with one attached hydrogen (secondary N) is 2. The topological polar surface area (TPSA) is 81.8 Å². The Bertz CT molecular complexity index is 765. The van der Waals surface area contributed by atoms with E-state index < -0.39 is 10.2 Å². The van der Waals surface area contributed by atoms with E-state index in [1.165, 1.54) is 33.8 Å². The fourth-order valence-electron chi connectivity index (χ4n) is 3.87. The van der Waals surface area contributed by atoms with Crippen LogP contribution < -0.4 is 10.6 Å². The zero-order valence-electron chi connectivity index (χ0n) is 15.6. The molecule has 0 saturated carbocycles. The number of fused-ring (bicyclic) bond motifs is 1. The molecule has 2 aliphatic rings. The Morgan fingerprint density at radius 1 is 1.23 bits per heavy atom. The number of rotatable bonds is 4. The van der Waals surface area contributed by atoms with Crippen molar-refractivity contribution in [3.63, 3.8) is 0 Å². The van der Waals surface area contributed by atoms with Crippen molar-refractivity contribution < 1.29 is 13.2 Å². The number of amides is 2. The summed E-state index contributed by atoms with van der Waals surface area (Å²) in [6, 6.07) is 7.95. The zero-order chi connectivity index (χ0) is 18.9. The first-order valence-electron chi connectivity index (χ1n) is 9.11. The summed E-state index contributed by atoms with van der Waals surface area (Å²) in [7, 11) is -0.389. The van der Waals surface area contributed by atoms with Crippen molar-refractivity contribution in [2.24, 2.45) is 0 Å². The number of hydrogen-bond donors (Lipinski definition) is 2. The van der Waals surface area contributed by atoms with E-state index in [2.05, 4.69) is 29.7 Å². The van der Waals surface area contributed by atoms with Gasteiger partial charge in [-0.1, -0.05) is 31.2 Å². The monoisotopic (exact) mass is 380 g/mol. The quantitative estimate of drug-likeness (QED) is 0.826. The number of carbonyl (C=O) groups is 1. The molecule has 8 heteroatoms. The fourth-order valence-corrected chi connectivity index (χ4v) is 5.06. The van der Waals surface area contributed by atoms with Crippen molar-refractivity contribution in [3.8, 4) is 0 Å². The van der Waals surface area contributed by atoms with Gasteiger partial charge in [-0.2, -0.15) is 17.0 Å². The van der Waals surface area contributed by atoms with Crippen molar-refractivity contribution in [1.82, 2.24) is 19.2 Å². The lowest BCUT2D eigenvalue weighted by molar-refractivity contribution is 0.219. The van der Waals surface area contributed by atoms with Crippen molar-refractivity contribution in [3.05, 3.63) is 35.4 Å². The second-order valence-corrected chi connectivity index (χ2v) is 9.55. The van der Waals surface area contributed by atoms with Gasteiger partial charge in [0.1, 0.15) is 0 Å². The normalized spacial score (nSPS) is 26.5. The molecule has 2 N–H and O–H groups in total. The summed E-state index contributed by atoms with van der Waals surface area (Å²) in [5.41, 5.74) is 2.57. The van der Waals surface area contributed by atoms with Gasteiger partial charge in [0.2, 0.25) is 0 Å². The highest BCUT2D eigenvalue weighted by Crippen LogP contribution is 2.32. The first kappa shape index (κ1) is 19.1. The highest BCUT2D eigenvalue weighted by atomic mass is 32.2. The number of hydrogen-bond acceptors (Lipinski definition) is 3. The minimum absolute atomic E-state index is 0.0672. The fraction of sp³-hybridized carbons (Fsp3) is 0.611. The number of nitrogens with zero attached hydrogens (tertiary/aromatic N) is 2. The van der Waals surface area contributed by atoms with Gasteiger partial charge in [0, 0.05) is 45.2 Å². The van der Waals surface area contributed by atoms with Gasteiger partial charge in [0.05, 0.1) is 0 Å². The lowest BCUT2D eigenvalue weighted by Gasteiger charge is -2.34. The largest absolute Gasteiger partial charge is 0.334 e. The molecule has 0 aromatic heterocycles. The van der Waals surface area contributed by atoms with Crippen LogP contribution in [0.5, 0.6) is 0 Å². The molecule has 0 unspecified atom stereocenters. The minimum atomic E-state index is -3.44. The number of carbonyl (C=O) groups excluding carboxylic acids is 1. The Morgan fingerprint density at radius 2 is 1.96 bits per heavy atom. The van der Waals surface area contributed by atoms with Crippen LogP contribution in [-0.4, -0.2) is 62.3 Å². The summed E-state index contributed by atoms with van der Waals surface area (Å²) in [6.07, 6.45) is 2.35. The predicted molar refractivity (Wildman–Crippen MR) is 101 cm³/mol. The van der Waals surface area contributed by atoms with Crippen LogP contribution in [0.2, 0.25) is 0 Å². The average Bonchev–Trinajstić information content (AvgIpc) is 2.91. The van der Waals surface area contributed by atoms with E-state index in [1.54, 1.807) is 0 Å². The molecule has 0 bridgehead atoms. The molecular weight excluding hydrogens is 352 g/mol. The maximum atomic E-state index is 12.5. The second-order valence-electron chi connectivity index (χ2n) is 7.40. The van der Waals surface area contributed by atoms with E-state index in [4.69, 9.17) is 0 Å². The van der Waals surface area contributed by atoms with Crippen LogP contribution >= 0.6 is 0 Å². The van der Waals surface area contributed by atoms with E-state index in [9.17, 15) is 13.2 Å². The smallest absolute Gasteiger partial charge is 0.315 e. The third-order valence-electron chi connectivity index (χ3n) is 5.41. The molecule has 1 fully saturated rings. The number of piperidine rings is 1. The molecule has 0 spiro atoms. The summed E-state index contributed by atoms with van der Waals surface area (Å²) in [5, 5.41) is 6.03. The van der Waals surface area contributed by atoms with E-state index in [-0.39, 0.29) is 24.0 Å². The molecule has 1 aromatic carbocycles. The van der Waals surface area contributed by atoms with Gasteiger partial charge in [-0.05, 0) is 30.4 Å². The summed E-state index contributed by atoms with van der Waals surface area (Å²) < 4.78 is 27.2. The Balaban J connectivity index is 1.56. The highest BCUT2D eigenvalue weighted by molar-refractivity contribution is 7.86. The van der Waals surface area contributed by atoms with Crippen LogP contribution in [-0.2, 0) is 16.6 Å². The number of urea groups is 1. The summed E-state index contributed by atoms with van der Waals surface area (Å²) in [6.45, 7) is 2.94. The van der Waals surface area contributed by atoms with Crippen LogP contribution in [0.4, 0.5) is 4.79 Å². The minimum Gasteiger partial charge on any atom is -0.334 e. The van der Waals surface area contributed by atoms with Gasteiger partial charge in [0.25, 0.3) is 10.2 Å². The lowest BCUT2D eigenvalue weighted by Crippen LogP contribution is -2.55. The van der Waals surface area contributed by atoms with E-state index in [0.717, 1.165) is 19.3 Å². The van der Waals surface area contributed by atoms with Gasteiger partial charge in [0.15, 0.2) is 0 Å². The lowest BCUT2D eigenvalue weighted by atomic mass is 10.0. The van der Waals surface area contributed by atoms with Crippen LogP contribution in [0.3, 0.4) is 0 Å². The SMILES string of the molecule is C[C@H]1c2ccccc2C[C@H]1NC(=O)N[C@@H]1CCCN(S(=O)(=O)N(C)C)C1. The zero-order valence-corrected chi connectivity index (χ0v) is 16.4. The van der Waals surface area contributed by atoms with Gasteiger partial charge >= 0.3 is 6.03 Å². The Kier molecular flexibility index (Phi) is 5.55. The predicted octanol–water partition coefficient (Wildman–Crippen LogP) is 1.28. The average molecular weight is 381 g/mol. The molecule has 1 aliphatic carbocycles. The van der Waals surface area contributed by atoms with E-state index >= 15 is 0 Å². The van der Waals surface area contributed by atoms with Gasteiger partial charge in [-0.15, -0.1) is 0 Å². The molecule has 1 aliphatic heterocycles. The molecular formula is C18H28N4O3S. The van der Waals surface area contributed by atoms with Gasteiger partial charge in [-0.3, -0.25) is 0 Å². The Labute approximate surface area is 155 Å². The molecule has 2 amide bonds. The van der Waals surface area contributed by atoms with Crippen LogP contribution in [0.25, 0.3) is 0 Å². The Hall–Kier alpha value is -1.64. The maximum absolute atomic E-state index is 12.5. The summed E-state index contributed by atoms with van der Waals surface area (Å²) in [4.78, 5) is 12.5. The van der Waals surface area contributed by atoms with Crippen LogP contribution in [0.1, 0.15) is 36.8 Å². The van der Waals surface area contributed by atoms with Gasteiger partial charge in [-0.25, -0.2) is 4.79 Å². The maximum Gasteiger partial charge on any atom is 0.315 e. The van der Waals surface area contributed by atoms with Gasteiger partial charge < -0.3 is 10.6 Å². The van der Waals surface area contributed by atoms with Crippen LogP contribution in [0, 0.1) is 0 Å². The van der Waals surface area contributed by atoms with Crippen molar-refractivity contribution in [1.29, 1.82) is 0 Å². The molecule has 144 valence electrons. The standard InChI is InChI=1S/C18H28N4O3S/c1-13-16-9-5-4-7-14(16)11-17(13)20-18(23)19-15-8-6-10-22(12-15)26(24,25)21(2)3/h4-5,7,9,13,15,17H,6,8,10-12H2,1-3H3,(H2,19,20,23)/t13-,15+,17+/m0/s1. The van der Waals surface area contributed by atoms with Crippen molar-refractivity contribution in [2.75, 3.05) is 27.2 Å². The number of benzene rings is 1. The third kappa shape index (κ3) is 3.87. The van der Waals surface area contributed by atoms with Crippen molar-refractivity contribution in [2.45, 2.75) is 44.2 Å². The molecule has 1 saturated heterocycles. The first-order chi connectivity index (χ1) is 12.3. The Morgan fingerprint density at radius 3 is 2.65 bits per heavy atom. The molecule has 1 aromatic rings.